The topological polar surface area (TPSA) is 59.4 Å². The fraction of sp³-hybridized carbons (Fsp3) is 0.200. The van der Waals surface area contributed by atoms with Crippen molar-refractivity contribution in [2.24, 2.45) is 0 Å². The van der Waals surface area contributed by atoms with Crippen LogP contribution in [-0.4, -0.2) is 23.2 Å². The van der Waals surface area contributed by atoms with Crippen LogP contribution in [0.3, 0.4) is 0 Å². The highest BCUT2D eigenvalue weighted by atomic mass is 16.5. The molecule has 19 heavy (non-hydrogen) atoms. The molecular formula is C15H15NO3. The average Bonchev–Trinajstić information content (AvgIpc) is 2.38. The average molecular weight is 257 g/mol. The molecule has 1 heterocycles. The van der Waals surface area contributed by atoms with Crippen molar-refractivity contribution >= 4 is 5.97 Å². The van der Waals surface area contributed by atoms with Crippen molar-refractivity contribution in [2.45, 2.75) is 13.8 Å². The summed E-state index contributed by atoms with van der Waals surface area (Å²) in [5.74, 6) is -0.919. The van der Waals surface area contributed by atoms with Crippen LogP contribution < -0.4 is 4.74 Å². The number of rotatable bonds is 3. The van der Waals surface area contributed by atoms with Crippen LogP contribution in [0.4, 0.5) is 0 Å². The molecule has 98 valence electrons. The largest absolute Gasteiger partial charge is 0.480 e. The van der Waals surface area contributed by atoms with Crippen molar-refractivity contribution in [3.8, 4) is 17.0 Å². The number of methoxy groups -OCH3 is 1. The van der Waals surface area contributed by atoms with Gasteiger partial charge in [-0.1, -0.05) is 23.8 Å². The summed E-state index contributed by atoms with van der Waals surface area (Å²) >= 11 is 0. The lowest BCUT2D eigenvalue weighted by molar-refractivity contribution is 0.0692. The standard InChI is InChI=1S/C15H15NO3/c1-9-4-5-12(10(2)6-9)11-7-13(15(17)18)14(19-3)16-8-11/h4-8H,1-3H3,(H,17,18). The molecule has 0 saturated carbocycles. The number of hydrogen-bond donors (Lipinski definition) is 1. The first-order chi connectivity index (χ1) is 9.02. The van der Waals surface area contributed by atoms with Crippen molar-refractivity contribution in [1.29, 1.82) is 0 Å². The van der Waals surface area contributed by atoms with Gasteiger partial charge in [0.05, 0.1) is 7.11 Å². The molecule has 0 aliphatic heterocycles. The summed E-state index contributed by atoms with van der Waals surface area (Å²) in [6.07, 6.45) is 1.63. The van der Waals surface area contributed by atoms with Gasteiger partial charge in [0.1, 0.15) is 5.56 Å². The van der Waals surface area contributed by atoms with Crippen molar-refractivity contribution in [2.75, 3.05) is 7.11 Å². The Morgan fingerprint density at radius 2 is 2.00 bits per heavy atom. The van der Waals surface area contributed by atoms with E-state index in [2.05, 4.69) is 11.1 Å². The quantitative estimate of drug-likeness (QED) is 0.918. The molecule has 0 saturated heterocycles. The summed E-state index contributed by atoms with van der Waals surface area (Å²) in [4.78, 5) is 15.2. The number of benzene rings is 1. The number of carboxylic acid groups (broad SMARTS) is 1. The molecule has 0 aliphatic carbocycles. The van der Waals surface area contributed by atoms with Crippen LogP contribution >= 0.6 is 0 Å². The maximum Gasteiger partial charge on any atom is 0.341 e. The summed E-state index contributed by atoms with van der Waals surface area (Å²) < 4.78 is 4.95. The highest BCUT2D eigenvalue weighted by Gasteiger charge is 2.14. The number of pyridine rings is 1. The van der Waals surface area contributed by atoms with E-state index in [4.69, 9.17) is 9.84 Å². The van der Waals surface area contributed by atoms with Crippen LogP contribution in [0.2, 0.25) is 0 Å². The van der Waals surface area contributed by atoms with E-state index in [1.54, 1.807) is 12.3 Å². The lowest BCUT2D eigenvalue weighted by Crippen LogP contribution is -2.03. The van der Waals surface area contributed by atoms with E-state index in [-0.39, 0.29) is 11.4 Å². The summed E-state index contributed by atoms with van der Waals surface area (Å²) in [6.45, 7) is 4.01. The lowest BCUT2D eigenvalue weighted by atomic mass is 9.99. The third-order valence-electron chi connectivity index (χ3n) is 2.97. The molecule has 1 N–H and O–H groups in total. The van der Waals surface area contributed by atoms with Crippen LogP contribution in [0.25, 0.3) is 11.1 Å². The number of nitrogens with zero attached hydrogens (tertiary/aromatic N) is 1. The molecule has 0 unspecified atom stereocenters. The van der Waals surface area contributed by atoms with E-state index in [9.17, 15) is 4.79 Å². The molecule has 1 aromatic heterocycles. The number of hydrogen-bond acceptors (Lipinski definition) is 3. The molecule has 0 spiro atoms. The molecular weight excluding hydrogens is 242 g/mol. The molecule has 4 heteroatoms. The van der Waals surface area contributed by atoms with Gasteiger partial charge >= 0.3 is 5.97 Å². The van der Waals surface area contributed by atoms with Crippen molar-refractivity contribution < 1.29 is 14.6 Å². The molecule has 4 nitrogen and oxygen atoms in total. The minimum Gasteiger partial charge on any atom is -0.480 e. The summed E-state index contributed by atoms with van der Waals surface area (Å²) in [5.41, 5.74) is 4.07. The van der Waals surface area contributed by atoms with Gasteiger partial charge in [0.25, 0.3) is 0 Å². The smallest absolute Gasteiger partial charge is 0.341 e. The summed E-state index contributed by atoms with van der Waals surface area (Å²) in [5, 5.41) is 9.16. The van der Waals surface area contributed by atoms with Gasteiger partial charge < -0.3 is 9.84 Å². The first-order valence-corrected chi connectivity index (χ1v) is 5.88. The van der Waals surface area contributed by atoms with E-state index >= 15 is 0 Å². The highest BCUT2D eigenvalue weighted by Crippen LogP contribution is 2.27. The second-order valence-corrected chi connectivity index (χ2v) is 4.40. The van der Waals surface area contributed by atoms with E-state index in [1.165, 1.54) is 12.7 Å². The summed E-state index contributed by atoms with van der Waals surface area (Å²) in [7, 11) is 1.41. The first kappa shape index (κ1) is 13.1. The Labute approximate surface area is 111 Å². The Hall–Kier alpha value is -2.36. The third kappa shape index (κ3) is 2.57. The fourth-order valence-corrected chi connectivity index (χ4v) is 2.05. The van der Waals surface area contributed by atoms with E-state index < -0.39 is 5.97 Å². The lowest BCUT2D eigenvalue weighted by Gasteiger charge is -2.09. The fourth-order valence-electron chi connectivity index (χ4n) is 2.05. The predicted molar refractivity (Wildman–Crippen MR) is 72.7 cm³/mol. The number of aryl methyl sites for hydroxylation is 2. The molecule has 0 radical (unpaired) electrons. The minimum absolute atomic E-state index is 0.0694. The van der Waals surface area contributed by atoms with Gasteiger partial charge in [0.15, 0.2) is 0 Å². The Bertz CT molecular complexity index is 635. The van der Waals surface area contributed by atoms with Crippen LogP contribution in [-0.2, 0) is 0 Å². The Morgan fingerprint density at radius 3 is 2.58 bits per heavy atom. The molecule has 0 amide bonds. The zero-order valence-corrected chi connectivity index (χ0v) is 11.1. The van der Waals surface area contributed by atoms with Gasteiger partial charge in [-0.15, -0.1) is 0 Å². The zero-order valence-electron chi connectivity index (χ0n) is 11.1. The first-order valence-electron chi connectivity index (χ1n) is 5.88. The van der Waals surface area contributed by atoms with Gasteiger partial charge in [0, 0.05) is 11.8 Å². The molecule has 0 bridgehead atoms. The monoisotopic (exact) mass is 257 g/mol. The number of carbonyl (C=O) groups is 1. The normalized spacial score (nSPS) is 10.3. The number of ether oxygens (including phenoxy) is 1. The SMILES string of the molecule is COc1ncc(-c2ccc(C)cc2C)cc1C(=O)O. The molecule has 0 atom stereocenters. The third-order valence-corrected chi connectivity index (χ3v) is 2.97. The van der Waals surface area contributed by atoms with Gasteiger partial charge in [-0.05, 0) is 31.0 Å². The summed E-state index contributed by atoms with van der Waals surface area (Å²) in [6, 6.07) is 7.61. The molecule has 2 rings (SSSR count). The van der Waals surface area contributed by atoms with Crippen molar-refractivity contribution in [3.05, 3.63) is 47.2 Å². The maximum absolute atomic E-state index is 11.2. The van der Waals surface area contributed by atoms with Gasteiger partial charge in [-0.2, -0.15) is 0 Å². The second kappa shape index (κ2) is 5.10. The molecule has 2 aromatic rings. The van der Waals surface area contributed by atoms with E-state index in [0.717, 1.165) is 16.7 Å². The Kier molecular flexibility index (Phi) is 3.51. The molecule has 0 fully saturated rings. The van der Waals surface area contributed by atoms with Gasteiger partial charge in [-0.25, -0.2) is 9.78 Å². The number of aromatic carboxylic acids is 1. The zero-order chi connectivity index (χ0) is 14.0. The highest BCUT2D eigenvalue weighted by molar-refractivity contribution is 5.92. The van der Waals surface area contributed by atoms with Gasteiger partial charge in [-0.3, -0.25) is 0 Å². The number of aromatic nitrogens is 1. The van der Waals surface area contributed by atoms with Crippen molar-refractivity contribution in [1.82, 2.24) is 4.98 Å². The van der Waals surface area contributed by atoms with Crippen LogP contribution in [0, 0.1) is 13.8 Å². The van der Waals surface area contributed by atoms with Crippen LogP contribution in [0.1, 0.15) is 21.5 Å². The van der Waals surface area contributed by atoms with Crippen LogP contribution in [0.15, 0.2) is 30.5 Å². The van der Waals surface area contributed by atoms with Gasteiger partial charge in [0.2, 0.25) is 5.88 Å². The van der Waals surface area contributed by atoms with E-state index in [0.29, 0.717) is 0 Å². The number of carboxylic acids is 1. The predicted octanol–water partition coefficient (Wildman–Crippen LogP) is 3.07. The molecule has 1 aromatic carbocycles. The Morgan fingerprint density at radius 1 is 1.26 bits per heavy atom. The van der Waals surface area contributed by atoms with E-state index in [1.807, 2.05) is 26.0 Å². The second-order valence-electron chi connectivity index (χ2n) is 4.40. The Balaban J connectivity index is 2.57. The van der Waals surface area contributed by atoms with Crippen LogP contribution in [0.5, 0.6) is 5.88 Å². The minimum atomic E-state index is -1.05. The molecule has 0 aliphatic rings. The van der Waals surface area contributed by atoms with Crippen molar-refractivity contribution in [3.63, 3.8) is 0 Å². The maximum atomic E-state index is 11.2.